The second-order valence-electron chi connectivity index (χ2n) is 10.8. The highest BCUT2D eigenvalue weighted by molar-refractivity contribution is 5.96. The number of phenolic OH excluding ortho intramolecular Hbond substituents is 2. The van der Waals surface area contributed by atoms with E-state index in [2.05, 4.69) is 13.8 Å². The maximum absolute atomic E-state index is 13.1. The van der Waals surface area contributed by atoms with Crippen LogP contribution in [0.4, 0.5) is 0 Å². The number of carbonyl (C=O) groups excluding carboxylic acids is 1. The lowest BCUT2D eigenvalue weighted by Gasteiger charge is -2.41. The molecule has 0 fully saturated rings. The van der Waals surface area contributed by atoms with Crippen LogP contribution in [-0.2, 0) is 16.0 Å². The average Bonchev–Trinajstić information content (AvgIpc) is 2.79. The molecule has 0 radical (unpaired) electrons. The number of Topliss-reactive ketones (excluding diaryl/α,β-unsaturated/α-hetero) is 1. The van der Waals surface area contributed by atoms with Crippen molar-refractivity contribution in [1.29, 1.82) is 0 Å². The van der Waals surface area contributed by atoms with E-state index in [0.29, 0.717) is 36.8 Å². The van der Waals surface area contributed by atoms with Gasteiger partial charge in [0.15, 0.2) is 5.78 Å². The third kappa shape index (κ3) is 5.10. The summed E-state index contributed by atoms with van der Waals surface area (Å²) in [7, 11) is 0. The lowest BCUT2D eigenvalue weighted by molar-refractivity contribution is -0.148. The van der Waals surface area contributed by atoms with Crippen molar-refractivity contribution in [1.82, 2.24) is 0 Å². The number of aliphatic hydroxyl groups excluding tert-OH is 1. The third-order valence-electron chi connectivity index (χ3n) is 7.10. The first-order valence-corrected chi connectivity index (χ1v) is 11.6. The number of phenols is 2. The lowest BCUT2D eigenvalue weighted by Crippen LogP contribution is -2.45. The van der Waals surface area contributed by atoms with Crippen molar-refractivity contribution in [2.45, 2.75) is 97.9 Å². The molecule has 1 aromatic rings. The quantitative estimate of drug-likeness (QED) is 0.436. The molecule has 5 nitrogen and oxygen atoms in total. The molecule has 2 aliphatic rings. The van der Waals surface area contributed by atoms with E-state index >= 15 is 0 Å². The molecule has 1 heterocycles. The van der Waals surface area contributed by atoms with Gasteiger partial charge in [-0.1, -0.05) is 25.5 Å². The molecule has 2 atom stereocenters. The molecular formula is C27H38O5. The Hall–Kier alpha value is -2.11. The minimum atomic E-state index is -0.748. The summed E-state index contributed by atoms with van der Waals surface area (Å²) in [5.74, 6) is 0.446. The largest absolute Gasteiger partial charge is 0.508 e. The molecule has 3 N–H and O–H groups in total. The van der Waals surface area contributed by atoms with Crippen LogP contribution < -0.4 is 0 Å². The van der Waals surface area contributed by atoms with Crippen LogP contribution in [0.2, 0.25) is 0 Å². The van der Waals surface area contributed by atoms with Gasteiger partial charge in [0.25, 0.3) is 0 Å². The van der Waals surface area contributed by atoms with Crippen molar-refractivity contribution in [3.05, 3.63) is 46.1 Å². The Balaban J connectivity index is 1.98. The standard InChI is InChI=1S/C27H38O5/c1-16(9-10-18-14-19(28)13-17(2)24(18)31)12-21-20-15-23(30)27(5,6)32-25(21)26(3,4)11-7-8-22(20)29/h9,13-14,23,25,28,30-31H,7-8,10-12,15H2,1-6H3/b16-9+/t23-,25-/m1/s1. The molecule has 1 aliphatic carbocycles. The fourth-order valence-corrected chi connectivity index (χ4v) is 4.94. The second-order valence-corrected chi connectivity index (χ2v) is 10.8. The van der Waals surface area contributed by atoms with E-state index in [9.17, 15) is 20.1 Å². The van der Waals surface area contributed by atoms with Gasteiger partial charge in [-0.15, -0.1) is 0 Å². The molecule has 1 aromatic carbocycles. The second kappa shape index (κ2) is 9.03. The fraction of sp³-hybridized carbons (Fsp3) is 0.593. The van der Waals surface area contributed by atoms with Gasteiger partial charge < -0.3 is 20.1 Å². The zero-order chi connectivity index (χ0) is 23.8. The van der Waals surface area contributed by atoms with E-state index in [0.717, 1.165) is 29.6 Å². The first-order chi connectivity index (χ1) is 14.8. The topological polar surface area (TPSA) is 87.0 Å². The SMILES string of the molecule is C/C(=C\Cc1cc(O)cc(C)c1O)CC1=C2C[C@@H](O)C(C)(C)O[C@H]1C(C)(C)CCCC2=O. The molecule has 0 unspecified atom stereocenters. The van der Waals surface area contributed by atoms with E-state index in [1.165, 1.54) is 0 Å². The summed E-state index contributed by atoms with van der Waals surface area (Å²) >= 11 is 0. The van der Waals surface area contributed by atoms with Gasteiger partial charge in [0, 0.05) is 18.4 Å². The van der Waals surface area contributed by atoms with Crippen LogP contribution in [0.1, 0.15) is 77.8 Å². The number of benzene rings is 1. The molecule has 1 aliphatic heterocycles. The summed E-state index contributed by atoms with van der Waals surface area (Å²) < 4.78 is 6.55. The van der Waals surface area contributed by atoms with Crippen LogP contribution in [0.5, 0.6) is 11.5 Å². The minimum absolute atomic E-state index is 0.120. The summed E-state index contributed by atoms with van der Waals surface area (Å²) in [5, 5.41) is 31.1. The van der Waals surface area contributed by atoms with Gasteiger partial charge in [-0.05, 0) is 87.6 Å². The highest BCUT2D eigenvalue weighted by Gasteiger charge is 2.45. The van der Waals surface area contributed by atoms with Crippen molar-refractivity contribution in [2.24, 2.45) is 5.41 Å². The van der Waals surface area contributed by atoms with Gasteiger partial charge in [0.1, 0.15) is 11.5 Å². The van der Waals surface area contributed by atoms with Crippen LogP contribution in [0.15, 0.2) is 34.9 Å². The highest BCUT2D eigenvalue weighted by Crippen LogP contribution is 2.45. The molecule has 0 amide bonds. The Morgan fingerprint density at radius 2 is 1.91 bits per heavy atom. The first-order valence-electron chi connectivity index (χ1n) is 11.6. The third-order valence-corrected chi connectivity index (χ3v) is 7.10. The van der Waals surface area contributed by atoms with Crippen molar-refractivity contribution >= 4 is 5.78 Å². The monoisotopic (exact) mass is 442 g/mol. The molecule has 176 valence electrons. The number of aromatic hydroxyl groups is 2. The zero-order valence-corrected chi connectivity index (χ0v) is 20.3. The van der Waals surface area contributed by atoms with E-state index in [4.69, 9.17) is 4.74 Å². The summed E-state index contributed by atoms with van der Waals surface area (Å²) in [6.07, 6.45) is 4.61. The highest BCUT2D eigenvalue weighted by atomic mass is 16.5. The number of hydrogen-bond acceptors (Lipinski definition) is 5. The Morgan fingerprint density at radius 3 is 2.59 bits per heavy atom. The summed E-state index contributed by atoms with van der Waals surface area (Å²) in [6.45, 7) is 12.0. The Kier molecular flexibility index (Phi) is 6.92. The molecule has 3 rings (SSSR count). The van der Waals surface area contributed by atoms with E-state index < -0.39 is 11.7 Å². The molecular weight excluding hydrogens is 404 g/mol. The molecule has 0 saturated heterocycles. The molecule has 32 heavy (non-hydrogen) atoms. The van der Waals surface area contributed by atoms with Gasteiger partial charge in [0.05, 0.1) is 17.8 Å². The number of allylic oxidation sites excluding steroid dienone is 2. The van der Waals surface area contributed by atoms with Gasteiger partial charge >= 0.3 is 0 Å². The van der Waals surface area contributed by atoms with Crippen molar-refractivity contribution in [3.63, 3.8) is 0 Å². The molecule has 5 heteroatoms. The Bertz CT molecular complexity index is 951. The normalized spacial score (nSPS) is 25.8. The number of fused-ring (bicyclic) bond motifs is 1. The zero-order valence-electron chi connectivity index (χ0n) is 20.3. The summed E-state index contributed by atoms with van der Waals surface area (Å²) in [6, 6.07) is 3.12. The summed E-state index contributed by atoms with van der Waals surface area (Å²) in [5.41, 5.74) is 3.16. The maximum atomic E-state index is 13.1. The lowest BCUT2D eigenvalue weighted by atomic mass is 9.72. The van der Waals surface area contributed by atoms with Crippen LogP contribution >= 0.6 is 0 Å². The van der Waals surface area contributed by atoms with Gasteiger partial charge in [0.2, 0.25) is 0 Å². The molecule has 0 spiro atoms. The van der Waals surface area contributed by atoms with E-state index in [-0.39, 0.29) is 28.8 Å². The van der Waals surface area contributed by atoms with E-state index in [1.54, 1.807) is 19.1 Å². The molecule has 0 aromatic heterocycles. The number of carbonyl (C=O) groups is 1. The van der Waals surface area contributed by atoms with Crippen LogP contribution in [-0.4, -0.2) is 38.9 Å². The van der Waals surface area contributed by atoms with Gasteiger partial charge in [-0.2, -0.15) is 0 Å². The molecule has 0 saturated carbocycles. The number of aryl methyl sites for hydroxylation is 1. The predicted octanol–water partition coefficient (Wildman–Crippen LogP) is 5.29. The average molecular weight is 443 g/mol. The maximum Gasteiger partial charge on any atom is 0.159 e. The van der Waals surface area contributed by atoms with E-state index in [1.807, 2.05) is 26.8 Å². The number of hydrogen-bond donors (Lipinski definition) is 3. The van der Waals surface area contributed by atoms with Crippen LogP contribution in [0.25, 0.3) is 0 Å². The number of ketones is 1. The number of rotatable bonds is 4. The molecule has 2 bridgehead atoms. The summed E-state index contributed by atoms with van der Waals surface area (Å²) in [4.78, 5) is 13.1. The van der Waals surface area contributed by atoms with Gasteiger partial charge in [-0.3, -0.25) is 4.79 Å². The predicted molar refractivity (Wildman–Crippen MR) is 126 cm³/mol. The smallest absolute Gasteiger partial charge is 0.159 e. The number of aliphatic hydroxyl groups is 1. The fourth-order valence-electron chi connectivity index (χ4n) is 4.94. The Morgan fingerprint density at radius 1 is 1.22 bits per heavy atom. The van der Waals surface area contributed by atoms with Crippen LogP contribution in [0, 0.1) is 12.3 Å². The number of ether oxygens (including phenoxy) is 1. The minimum Gasteiger partial charge on any atom is -0.508 e. The van der Waals surface area contributed by atoms with Crippen LogP contribution in [0.3, 0.4) is 0 Å². The van der Waals surface area contributed by atoms with Crippen molar-refractivity contribution in [2.75, 3.05) is 0 Å². The Labute approximate surface area is 191 Å². The van der Waals surface area contributed by atoms with Crippen molar-refractivity contribution in [3.8, 4) is 11.5 Å². The van der Waals surface area contributed by atoms with Crippen molar-refractivity contribution < 1.29 is 24.9 Å². The van der Waals surface area contributed by atoms with Gasteiger partial charge in [-0.25, -0.2) is 0 Å². The first kappa shape index (κ1) is 24.5.